The van der Waals surface area contributed by atoms with Crippen LogP contribution < -0.4 is 22.1 Å². The third-order valence-electron chi connectivity index (χ3n) is 2.82. The summed E-state index contributed by atoms with van der Waals surface area (Å²) in [6.45, 7) is 0.456. The number of guanidine groups is 1. The fourth-order valence-electron chi connectivity index (χ4n) is 1.82. The molecule has 6 N–H and O–H groups in total. The molecule has 1 aliphatic rings. The second kappa shape index (κ2) is 7.88. The lowest BCUT2D eigenvalue weighted by atomic mass is 10.0. The highest BCUT2D eigenvalue weighted by Crippen LogP contribution is 2.08. The summed E-state index contributed by atoms with van der Waals surface area (Å²) in [6.07, 6.45) is 3.80. The highest BCUT2D eigenvalue weighted by atomic mass is 32.2. The molecule has 0 saturated carbocycles. The van der Waals surface area contributed by atoms with Gasteiger partial charge in [-0.1, -0.05) is 0 Å². The monoisotopic (exact) mass is 287 g/mol. The maximum atomic E-state index is 11.8. The minimum atomic E-state index is -0.479. The van der Waals surface area contributed by atoms with Crippen molar-refractivity contribution in [3.8, 4) is 0 Å². The van der Waals surface area contributed by atoms with E-state index >= 15 is 0 Å². The second-order valence-corrected chi connectivity index (χ2v) is 5.34. The van der Waals surface area contributed by atoms with Crippen LogP contribution >= 0.6 is 11.8 Å². The average molecular weight is 287 g/mol. The van der Waals surface area contributed by atoms with Gasteiger partial charge < -0.3 is 22.1 Å². The average Bonchev–Trinajstić information content (AvgIpc) is 2.36. The first kappa shape index (κ1) is 15.6. The number of piperazine rings is 1. The number of nitrogens with zero attached hydrogens (tertiary/aromatic N) is 1. The molecule has 1 fully saturated rings. The molecule has 0 bridgehead atoms. The molecular weight excluding hydrogens is 266 g/mol. The van der Waals surface area contributed by atoms with Crippen LogP contribution in [-0.4, -0.2) is 48.4 Å². The molecule has 1 heterocycles. The number of amides is 2. The van der Waals surface area contributed by atoms with Crippen LogP contribution in [0.2, 0.25) is 0 Å². The van der Waals surface area contributed by atoms with Crippen molar-refractivity contribution in [2.24, 2.45) is 16.5 Å². The molecule has 1 rings (SSSR count). The van der Waals surface area contributed by atoms with E-state index in [-0.39, 0.29) is 17.8 Å². The van der Waals surface area contributed by atoms with E-state index in [2.05, 4.69) is 15.6 Å². The summed E-state index contributed by atoms with van der Waals surface area (Å²) < 4.78 is 0. The third-order valence-corrected chi connectivity index (χ3v) is 3.47. The molecule has 0 spiro atoms. The molecule has 1 saturated heterocycles. The lowest BCUT2D eigenvalue weighted by Crippen LogP contribution is -2.61. The number of hydrogen-bond acceptors (Lipinski definition) is 4. The van der Waals surface area contributed by atoms with Gasteiger partial charge in [0.25, 0.3) is 0 Å². The minimum absolute atomic E-state index is 0.0364. The standard InChI is InChI=1S/C11H21N5O2S/c1-19-6-4-8-10(18)15-7(9(17)16-8)3-2-5-14-11(12)13/h7-8H,2-6H2,1H3,(H,15,18)(H,16,17)(H4,12,13,14)/t7-,8-/m0/s1. The molecule has 2 amide bonds. The van der Waals surface area contributed by atoms with Crippen LogP contribution in [-0.2, 0) is 9.59 Å². The van der Waals surface area contributed by atoms with Crippen LogP contribution in [0.25, 0.3) is 0 Å². The molecule has 0 aliphatic carbocycles. The zero-order valence-electron chi connectivity index (χ0n) is 11.0. The number of hydrogen-bond donors (Lipinski definition) is 4. The van der Waals surface area contributed by atoms with Gasteiger partial charge in [-0.25, -0.2) is 0 Å². The summed E-state index contributed by atoms with van der Waals surface area (Å²) in [4.78, 5) is 27.5. The van der Waals surface area contributed by atoms with Gasteiger partial charge in [-0.15, -0.1) is 0 Å². The highest BCUT2D eigenvalue weighted by Gasteiger charge is 2.32. The Hall–Kier alpha value is -1.44. The van der Waals surface area contributed by atoms with E-state index in [0.717, 1.165) is 5.75 Å². The molecule has 108 valence electrons. The zero-order valence-corrected chi connectivity index (χ0v) is 11.8. The van der Waals surface area contributed by atoms with E-state index in [9.17, 15) is 9.59 Å². The number of aliphatic imine (C=N–C) groups is 1. The predicted octanol–water partition coefficient (Wildman–Crippen LogP) is -1.22. The van der Waals surface area contributed by atoms with Crippen molar-refractivity contribution >= 4 is 29.5 Å². The van der Waals surface area contributed by atoms with Crippen molar-refractivity contribution in [2.45, 2.75) is 31.3 Å². The van der Waals surface area contributed by atoms with Crippen molar-refractivity contribution in [1.29, 1.82) is 0 Å². The van der Waals surface area contributed by atoms with Crippen LogP contribution in [0.1, 0.15) is 19.3 Å². The Morgan fingerprint density at radius 2 is 1.79 bits per heavy atom. The van der Waals surface area contributed by atoms with Crippen LogP contribution in [0, 0.1) is 0 Å². The molecule has 7 nitrogen and oxygen atoms in total. The fraction of sp³-hybridized carbons (Fsp3) is 0.727. The Morgan fingerprint density at radius 1 is 1.21 bits per heavy atom. The molecule has 0 unspecified atom stereocenters. The van der Waals surface area contributed by atoms with Gasteiger partial charge in [0.2, 0.25) is 11.8 Å². The molecule has 0 aromatic rings. The van der Waals surface area contributed by atoms with Crippen molar-refractivity contribution in [1.82, 2.24) is 10.6 Å². The lowest BCUT2D eigenvalue weighted by Gasteiger charge is -2.29. The predicted molar refractivity (Wildman–Crippen MR) is 76.8 cm³/mol. The molecule has 1 aliphatic heterocycles. The van der Waals surface area contributed by atoms with Crippen LogP contribution in [0.5, 0.6) is 0 Å². The maximum Gasteiger partial charge on any atom is 0.243 e. The quantitative estimate of drug-likeness (QED) is 0.265. The van der Waals surface area contributed by atoms with Crippen LogP contribution in [0.15, 0.2) is 4.99 Å². The van der Waals surface area contributed by atoms with Crippen molar-refractivity contribution < 1.29 is 9.59 Å². The van der Waals surface area contributed by atoms with E-state index < -0.39 is 12.1 Å². The summed E-state index contributed by atoms with van der Waals surface area (Å²) in [7, 11) is 0. The Labute approximate surface area is 117 Å². The minimum Gasteiger partial charge on any atom is -0.370 e. The number of rotatable bonds is 7. The first-order valence-corrected chi connectivity index (χ1v) is 7.59. The van der Waals surface area contributed by atoms with E-state index in [1.54, 1.807) is 11.8 Å². The molecule has 8 heteroatoms. The number of nitrogens with one attached hydrogen (secondary N) is 2. The van der Waals surface area contributed by atoms with Crippen molar-refractivity contribution in [2.75, 3.05) is 18.6 Å². The Kier molecular flexibility index (Phi) is 6.48. The second-order valence-electron chi connectivity index (χ2n) is 4.35. The first-order chi connectivity index (χ1) is 9.04. The summed E-state index contributed by atoms with van der Waals surface area (Å²) >= 11 is 1.65. The zero-order chi connectivity index (χ0) is 14.3. The van der Waals surface area contributed by atoms with Gasteiger partial charge in [-0.05, 0) is 31.3 Å². The van der Waals surface area contributed by atoms with Gasteiger partial charge in [0, 0.05) is 6.54 Å². The highest BCUT2D eigenvalue weighted by molar-refractivity contribution is 7.98. The van der Waals surface area contributed by atoms with Crippen LogP contribution in [0.3, 0.4) is 0 Å². The van der Waals surface area contributed by atoms with Gasteiger partial charge in [-0.3, -0.25) is 14.6 Å². The fourth-order valence-corrected chi connectivity index (χ4v) is 2.29. The molecule has 0 radical (unpaired) electrons. The maximum absolute atomic E-state index is 11.8. The van der Waals surface area contributed by atoms with E-state index in [1.807, 2.05) is 6.26 Å². The van der Waals surface area contributed by atoms with Gasteiger partial charge in [0.1, 0.15) is 12.1 Å². The Bertz CT molecular complexity index is 357. The van der Waals surface area contributed by atoms with Gasteiger partial charge in [-0.2, -0.15) is 11.8 Å². The summed E-state index contributed by atoms with van der Waals surface area (Å²) in [6, 6.07) is -0.888. The Balaban J connectivity index is 2.36. The number of carbonyl (C=O) groups excluding carboxylic acids is 2. The molecule has 0 aromatic heterocycles. The van der Waals surface area contributed by atoms with Crippen molar-refractivity contribution in [3.63, 3.8) is 0 Å². The molecule has 0 aromatic carbocycles. The number of nitrogens with two attached hydrogens (primary N) is 2. The number of thioether (sulfide) groups is 1. The summed E-state index contributed by atoms with van der Waals surface area (Å²) in [5.74, 6) is 0.637. The molecule has 19 heavy (non-hydrogen) atoms. The first-order valence-electron chi connectivity index (χ1n) is 6.19. The molecule has 2 atom stereocenters. The smallest absolute Gasteiger partial charge is 0.243 e. The largest absolute Gasteiger partial charge is 0.370 e. The SMILES string of the molecule is CSCC[C@@H]1NC(=O)[C@H](CCCN=C(N)N)NC1=O. The van der Waals surface area contributed by atoms with E-state index in [1.165, 1.54) is 0 Å². The molecular formula is C11H21N5O2S. The lowest BCUT2D eigenvalue weighted by molar-refractivity contribution is -0.137. The van der Waals surface area contributed by atoms with E-state index in [4.69, 9.17) is 11.5 Å². The Morgan fingerprint density at radius 3 is 2.32 bits per heavy atom. The normalized spacial score (nSPS) is 22.6. The summed E-state index contributed by atoms with van der Waals surface area (Å²) in [5, 5.41) is 5.49. The van der Waals surface area contributed by atoms with Gasteiger partial charge in [0.15, 0.2) is 5.96 Å². The van der Waals surface area contributed by atoms with Crippen molar-refractivity contribution in [3.05, 3.63) is 0 Å². The summed E-state index contributed by atoms with van der Waals surface area (Å²) in [5.41, 5.74) is 10.4. The number of carbonyl (C=O) groups is 2. The topological polar surface area (TPSA) is 123 Å². The third kappa shape index (κ3) is 5.37. The van der Waals surface area contributed by atoms with Gasteiger partial charge >= 0.3 is 0 Å². The van der Waals surface area contributed by atoms with E-state index in [0.29, 0.717) is 25.8 Å². The van der Waals surface area contributed by atoms with Gasteiger partial charge in [0.05, 0.1) is 0 Å². The van der Waals surface area contributed by atoms with Crippen LogP contribution in [0.4, 0.5) is 0 Å².